The molecule has 0 aliphatic carbocycles. The third kappa shape index (κ3) is 3.44. The molecule has 3 rings (SSSR count). The van der Waals surface area contributed by atoms with E-state index in [4.69, 9.17) is 11.6 Å². The zero-order valence-corrected chi connectivity index (χ0v) is 13.1. The molecule has 0 aliphatic rings. The maximum absolute atomic E-state index is 13.5. The minimum atomic E-state index is -0.711. The van der Waals surface area contributed by atoms with Crippen LogP contribution in [0.5, 0.6) is 0 Å². The van der Waals surface area contributed by atoms with E-state index in [1.54, 1.807) is 24.3 Å². The average molecular weight is 348 g/mol. The SMILES string of the molecule is O=C(NCc1ccc(F)cc1F)c1cc(-c2ccccc2Cl)n[nH]1. The predicted molar refractivity (Wildman–Crippen MR) is 86.6 cm³/mol. The molecule has 24 heavy (non-hydrogen) atoms. The second-order valence-electron chi connectivity index (χ2n) is 5.07. The van der Waals surface area contributed by atoms with Gasteiger partial charge in [0.05, 0.1) is 10.7 Å². The van der Waals surface area contributed by atoms with Crippen molar-refractivity contribution < 1.29 is 13.6 Å². The van der Waals surface area contributed by atoms with Crippen LogP contribution in [0.4, 0.5) is 8.78 Å². The van der Waals surface area contributed by atoms with Gasteiger partial charge in [-0.2, -0.15) is 5.10 Å². The molecule has 0 atom stereocenters. The minimum Gasteiger partial charge on any atom is -0.347 e. The van der Waals surface area contributed by atoms with Crippen LogP contribution in [0.1, 0.15) is 16.1 Å². The van der Waals surface area contributed by atoms with Gasteiger partial charge in [0.2, 0.25) is 0 Å². The fraction of sp³-hybridized carbons (Fsp3) is 0.0588. The quantitative estimate of drug-likeness (QED) is 0.751. The van der Waals surface area contributed by atoms with Crippen LogP contribution in [-0.2, 0) is 6.54 Å². The van der Waals surface area contributed by atoms with Crippen LogP contribution in [-0.4, -0.2) is 16.1 Å². The Morgan fingerprint density at radius 3 is 2.71 bits per heavy atom. The largest absolute Gasteiger partial charge is 0.347 e. The summed E-state index contributed by atoms with van der Waals surface area (Å²) in [6.07, 6.45) is 0. The number of nitrogens with one attached hydrogen (secondary N) is 2. The number of hydrogen-bond acceptors (Lipinski definition) is 2. The minimum absolute atomic E-state index is 0.0641. The summed E-state index contributed by atoms with van der Waals surface area (Å²) in [5.41, 5.74) is 1.63. The topological polar surface area (TPSA) is 57.8 Å². The Hall–Kier alpha value is -2.73. The Morgan fingerprint density at radius 2 is 1.96 bits per heavy atom. The van der Waals surface area contributed by atoms with Crippen molar-refractivity contribution in [3.8, 4) is 11.3 Å². The summed E-state index contributed by atoms with van der Waals surface area (Å²) in [5.74, 6) is -1.83. The molecule has 0 saturated heterocycles. The van der Waals surface area contributed by atoms with E-state index in [0.717, 1.165) is 12.1 Å². The van der Waals surface area contributed by atoms with Crippen molar-refractivity contribution >= 4 is 17.5 Å². The predicted octanol–water partition coefficient (Wildman–Crippen LogP) is 3.94. The van der Waals surface area contributed by atoms with Gasteiger partial charge in [-0.05, 0) is 18.2 Å². The molecule has 0 fully saturated rings. The summed E-state index contributed by atoms with van der Waals surface area (Å²) < 4.78 is 26.4. The van der Waals surface area contributed by atoms with Gasteiger partial charge >= 0.3 is 0 Å². The van der Waals surface area contributed by atoms with E-state index >= 15 is 0 Å². The number of benzene rings is 2. The highest BCUT2D eigenvalue weighted by Gasteiger charge is 2.13. The van der Waals surface area contributed by atoms with Crippen molar-refractivity contribution in [2.24, 2.45) is 0 Å². The molecule has 122 valence electrons. The maximum atomic E-state index is 13.5. The van der Waals surface area contributed by atoms with Crippen molar-refractivity contribution in [3.63, 3.8) is 0 Å². The highest BCUT2D eigenvalue weighted by Crippen LogP contribution is 2.26. The summed E-state index contributed by atoms with van der Waals surface area (Å²) in [5, 5.41) is 9.74. The molecule has 0 spiro atoms. The van der Waals surface area contributed by atoms with Crippen molar-refractivity contribution in [2.75, 3.05) is 0 Å². The zero-order valence-electron chi connectivity index (χ0n) is 12.3. The number of amides is 1. The van der Waals surface area contributed by atoms with Crippen LogP contribution < -0.4 is 5.32 Å². The number of aromatic amines is 1. The lowest BCUT2D eigenvalue weighted by molar-refractivity contribution is 0.0945. The lowest BCUT2D eigenvalue weighted by Crippen LogP contribution is -2.23. The fourth-order valence-corrected chi connectivity index (χ4v) is 2.41. The molecule has 4 nitrogen and oxygen atoms in total. The highest BCUT2D eigenvalue weighted by atomic mass is 35.5. The molecular weight excluding hydrogens is 336 g/mol. The van der Waals surface area contributed by atoms with Crippen LogP contribution in [0, 0.1) is 11.6 Å². The van der Waals surface area contributed by atoms with E-state index in [1.807, 2.05) is 6.07 Å². The average Bonchev–Trinajstić information content (AvgIpc) is 3.04. The molecule has 2 aromatic carbocycles. The first kappa shape index (κ1) is 16.1. The van der Waals surface area contributed by atoms with Gasteiger partial charge < -0.3 is 5.32 Å². The van der Waals surface area contributed by atoms with E-state index in [9.17, 15) is 13.6 Å². The van der Waals surface area contributed by atoms with E-state index in [1.165, 1.54) is 6.07 Å². The zero-order chi connectivity index (χ0) is 17.1. The number of halogens is 3. The lowest BCUT2D eigenvalue weighted by Gasteiger charge is -2.05. The Balaban J connectivity index is 1.71. The molecule has 1 aromatic heterocycles. The first-order valence-electron chi connectivity index (χ1n) is 7.07. The van der Waals surface area contributed by atoms with Crippen molar-refractivity contribution in [3.05, 3.63) is 76.4 Å². The number of H-pyrrole nitrogens is 1. The van der Waals surface area contributed by atoms with E-state index in [2.05, 4.69) is 15.5 Å². The van der Waals surface area contributed by atoms with Gasteiger partial charge in [-0.25, -0.2) is 8.78 Å². The van der Waals surface area contributed by atoms with Crippen LogP contribution in [0.2, 0.25) is 5.02 Å². The van der Waals surface area contributed by atoms with Gasteiger partial charge in [0, 0.05) is 23.7 Å². The van der Waals surface area contributed by atoms with E-state index < -0.39 is 17.5 Å². The summed E-state index contributed by atoms with van der Waals surface area (Å²) >= 11 is 6.09. The summed E-state index contributed by atoms with van der Waals surface area (Å²) in [7, 11) is 0. The van der Waals surface area contributed by atoms with E-state index in [-0.39, 0.29) is 17.8 Å². The second kappa shape index (κ2) is 6.80. The van der Waals surface area contributed by atoms with Gasteiger partial charge in [0.1, 0.15) is 17.3 Å². The number of nitrogens with zero attached hydrogens (tertiary/aromatic N) is 1. The number of rotatable bonds is 4. The van der Waals surface area contributed by atoms with Gasteiger partial charge in [-0.1, -0.05) is 35.9 Å². The van der Waals surface area contributed by atoms with Gasteiger partial charge in [-0.15, -0.1) is 0 Å². The van der Waals surface area contributed by atoms with Crippen LogP contribution in [0.3, 0.4) is 0 Å². The van der Waals surface area contributed by atoms with E-state index in [0.29, 0.717) is 16.3 Å². The van der Waals surface area contributed by atoms with Crippen molar-refractivity contribution in [1.82, 2.24) is 15.5 Å². The molecule has 0 saturated carbocycles. The van der Waals surface area contributed by atoms with Crippen LogP contribution >= 0.6 is 11.6 Å². The molecule has 7 heteroatoms. The standard InChI is InChI=1S/C17H12ClF2N3O/c18-13-4-2-1-3-12(13)15-8-16(23-22-15)17(24)21-9-10-5-6-11(19)7-14(10)20/h1-8H,9H2,(H,21,24)(H,22,23). The fourth-order valence-electron chi connectivity index (χ4n) is 2.18. The number of carbonyl (C=O) groups excluding carboxylic acids is 1. The molecular formula is C17H12ClF2N3O. The molecule has 0 aliphatic heterocycles. The molecule has 0 radical (unpaired) electrons. The van der Waals surface area contributed by atoms with Gasteiger partial charge in [0.25, 0.3) is 5.91 Å². The van der Waals surface area contributed by atoms with Gasteiger partial charge in [0.15, 0.2) is 0 Å². The first-order valence-corrected chi connectivity index (χ1v) is 7.45. The smallest absolute Gasteiger partial charge is 0.269 e. The Kier molecular flexibility index (Phi) is 4.57. The van der Waals surface area contributed by atoms with Crippen molar-refractivity contribution in [1.29, 1.82) is 0 Å². The van der Waals surface area contributed by atoms with Gasteiger partial charge in [-0.3, -0.25) is 9.89 Å². The Morgan fingerprint density at radius 1 is 1.17 bits per heavy atom. The Bertz CT molecular complexity index is 895. The monoisotopic (exact) mass is 347 g/mol. The Labute approximate surface area is 141 Å². The normalized spacial score (nSPS) is 10.6. The number of carbonyl (C=O) groups is 1. The highest BCUT2D eigenvalue weighted by molar-refractivity contribution is 6.33. The summed E-state index contributed by atoms with van der Waals surface area (Å²) in [6.45, 7) is -0.0641. The van der Waals surface area contributed by atoms with Crippen LogP contribution in [0.15, 0.2) is 48.5 Å². The van der Waals surface area contributed by atoms with Crippen LogP contribution in [0.25, 0.3) is 11.3 Å². The number of aromatic nitrogens is 2. The molecule has 0 bridgehead atoms. The van der Waals surface area contributed by atoms with Crippen molar-refractivity contribution in [2.45, 2.75) is 6.54 Å². The third-order valence-electron chi connectivity index (χ3n) is 3.43. The third-order valence-corrected chi connectivity index (χ3v) is 3.76. The lowest BCUT2D eigenvalue weighted by atomic mass is 10.1. The maximum Gasteiger partial charge on any atom is 0.269 e. The first-order chi connectivity index (χ1) is 11.5. The number of hydrogen-bond donors (Lipinski definition) is 2. The summed E-state index contributed by atoms with van der Waals surface area (Å²) in [4.78, 5) is 12.1. The molecule has 1 amide bonds. The molecule has 0 unspecified atom stereocenters. The molecule has 3 aromatic rings. The second-order valence-corrected chi connectivity index (χ2v) is 5.47. The molecule has 2 N–H and O–H groups in total. The molecule has 1 heterocycles. The summed E-state index contributed by atoms with van der Waals surface area (Å²) in [6, 6.07) is 11.9.